The molecule has 2 aromatic rings. The van der Waals surface area contributed by atoms with E-state index in [1.807, 2.05) is 53.9 Å². The van der Waals surface area contributed by atoms with Crippen LogP contribution in [0.3, 0.4) is 0 Å². The summed E-state index contributed by atoms with van der Waals surface area (Å²) < 4.78 is 7.32. The van der Waals surface area contributed by atoms with Crippen LogP contribution in [0, 0.1) is 0 Å². The van der Waals surface area contributed by atoms with Gasteiger partial charge in [0.2, 0.25) is 0 Å². The van der Waals surface area contributed by atoms with Crippen molar-refractivity contribution in [1.82, 2.24) is 14.4 Å². The van der Waals surface area contributed by atoms with Gasteiger partial charge in [0.1, 0.15) is 5.69 Å². The summed E-state index contributed by atoms with van der Waals surface area (Å²) >= 11 is 0. The third kappa shape index (κ3) is 3.00. The van der Waals surface area contributed by atoms with E-state index in [0.717, 1.165) is 56.0 Å². The number of morpholine rings is 1. The van der Waals surface area contributed by atoms with Crippen LogP contribution in [-0.4, -0.2) is 66.7 Å². The zero-order chi connectivity index (χ0) is 15.5. The normalized spacial score (nSPS) is 16.1. The van der Waals surface area contributed by atoms with E-state index < -0.39 is 0 Å². The lowest BCUT2D eigenvalue weighted by molar-refractivity contribution is 0.0337. The van der Waals surface area contributed by atoms with E-state index in [4.69, 9.17) is 4.74 Å². The van der Waals surface area contributed by atoms with Crippen LogP contribution < -0.4 is 0 Å². The molecule has 1 aromatic heterocycles. The van der Waals surface area contributed by atoms with Crippen LogP contribution in [0.5, 0.6) is 0 Å². The van der Waals surface area contributed by atoms with Crippen molar-refractivity contribution in [3.05, 3.63) is 36.0 Å². The summed E-state index contributed by atoms with van der Waals surface area (Å²) in [6.07, 6.45) is 0. The van der Waals surface area contributed by atoms with E-state index in [1.54, 1.807) is 0 Å². The summed E-state index contributed by atoms with van der Waals surface area (Å²) in [5.41, 5.74) is 1.83. The quantitative estimate of drug-likeness (QED) is 0.860. The third-order valence-corrected chi connectivity index (χ3v) is 4.37. The van der Waals surface area contributed by atoms with Crippen LogP contribution >= 0.6 is 0 Å². The van der Waals surface area contributed by atoms with Crippen LogP contribution in [0.25, 0.3) is 10.9 Å². The molecule has 22 heavy (non-hydrogen) atoms. The summed E-state index contributed by atoms with van der Waals surface area (Å²) in [5.74, 6) is 0.0759. The van der Waals surface area contributed by atoms with Gasteiger partial charge in [-0.1, -0.05) is 18.2 Å². The van der Waals surface area contributed by atoms with Gasteiger partial charge >= 0.3 is 0 Å². The highest BCUT2D eigenvalue weighted by atomic mass is 16.5. The number of nitrogens with zero attached hydrogens (tertiary/aromatic N) is 3. The predicted molar refractivity (Wildman–Crippen MR) is 87.1 cm³/mol. The molecule has 1 aliphatic rings. The average molecular weight is 301 g/mol. The van der Waals surface area contributed by atoms with Gasteiger partial charge in [0.15, 0.2) is 0 Å². The fourth-order valence-corrected chi connectivity index (χ4v) is 2.91. The number of aryl methyl sites for hydroxylation is 1. The number of ether oxygens (including phenoxy) is 1. The molecule has 0 bridgehead atoms. The average Bonchev–Trinajstić information content (AvgIpc) is 2.90. The second-order valence-electron chi connectivity index (χ2n) is 5.83. The molecule has 0 N–H and O–H groups in total. The first-order valence-electron chi connectivity index (χ1n) is 7.77. The second kappa shape index (κ2) is 6.50. The van der Waals surface area contributed by atoms with Crippen molar-refractivity contribution in [3.63, 3.8) is 0 Å². The Kier molecular flexibility index (Phi) is 4.45. The molecular formula is C17H23N3O2. The highest BCUT2D eigenvalue weighted by Gasteiger charge is 2.18. The minimum absolute atomic E-state index is 0.0759. The number of hydrogen-bond donors (Lipinski definition) is 0. The van der Waals surface area contributed by atoms with Crippen molar-refractivity contribution in [2.45, 2.75) is 0 Å². The van der Waals surface area contributed by atoms with Crippen molar-refractivity contribution in [2.24, 2.45) is 7.05 Å². The van der Waals surface area contributed by atoms with Gasteiger partial charge in [0.25, 0.3) is 5.91 Å². The van der Waals surface area contributed by atoms with Gasteiger partial charge < -0.3 is 14.2 Å². The van der Waals surface area contributed by atoms with E-state index in [2.05, 4.69) is 4.90 Å². The number of likely N-dealkylation sites (N-methyl/N-ethyl adjacent to an activating group) is 1. The molecule has 1 amide bonds. The Labute approximate surface area is 131 Å². The number of rotatable bonds is 4. The minimum atomic E-state index is 0.0759. The minimum Gasteiger partial charge on any atom is -0.379 e. The predicted octanol–water partition coefficient (Wildman–Crippen LogP) is 1.58. The molecule has 2 heterocycles. The molecule has 0 spiro atoms. The van der Waals surface area contributed by atoms with Crippen LogP contribution in [0.2, 0.25) is 0 Å². The fraction of sp³-hybridized carbons (Fsp3) is 0.471. The van der Waals surface area contributed by atoms with Crippen LogP contribution in [-0.2, 0) is 11.8 Å². The molecule has 0 saturated carbocycles. The van der Waals surface area contributed by atoms with Crippen molar-refractivity contribution >= 4 is 16.8 Å². The lowest BCUT2D eigenvalue weighted by Gasteiger charge is -2.28. The molecular weight excluding hydrogens is 278 g/mol. The summed E-state index contributed by atoms with van der Waals surface area (Å²) in [6, 6.07) is 10.1. The molecule has 3 rings (SSSR count). The van der Waals surface area contributed by atoms with Crippen molar-refractivity contribution < 1.29 is 9.53 Å². The topological polar surface area (TPSA) is 37.7 Å². The first-order chi connectivity index (χ1) is 10.7. The van der Waals surface area contributed by atoms with Crippen molar-refractivity contribution in [1.29, 1.82) is 0 Å². The number of carbonyl (C=O) groups is 1. The standard InChI is InChI=1S/C17H23N3O2/c1-18(7-8-20-9-11-22-12-10-20)17(21)16-13-14-5-3-4-6-15(14)19(16)2/h3-6,13H,7-12H2,1-2H3. The lowest BCUT2D eigenvalue weighted by Crippen LogP contribution is -2.42. The first kappa shape index (κ1) is 15.1. The maximum absolute atomic E-state index is 12.7. The maximum atomic E-state index is 12.7. The molecule has 1 saturated heterocycles. The van der Waals surface area contributed by atoms with Gasteiger partial charge in [-0.2, -0.15) is 0 Å². The van der Waals surface area contributed by atoms with E-state index >= 15 is 0 Å². The molecule has 1 fully saturated rings. The Balaban J connectivity index is 1.67. The number of para-hydroxylation sites is 1. The van der Waals surface area contributed by atoms with Crippen LogP contribution in [0.1, 0.15) is 10.5 Å². The number of carbonyl (C=O) groups excluding carboxylic acids is 1. The maximum Gasteiger partial charge on any atom is 0.270 e. The number of benzene rings is 1. The first-order valence-corrected chi connectivity index (χ1v) is 7.77. The summed E-state index contributed by atoms with van der Waals surface area (Å²) in [4.78, 5) is 16.8. The monoisotopic (exact) mass is 301 g/mol. The second-order valence-corrected chi connectivity index (χ2v) is 5.83. The fourth-order valence-electron chi connectivity index (χ4n) is 2.91. The van der Waals surface area contributed by atoms with Gasteiger partial charge in [-0.3, -0.25) is 9.69 Å². The number of fused-ring (bicyclic) bond motifs is 1. The number of amides is 1. The van der Waals surface area contributed by atoms with Crippen LogP contribution in [0.15, 0.2) is 30.3 Å². The lowest BCUT2D eigenvalue weighted by atomic mass is 10.2. The van der Waals surface area contributed by atoms with Crippen LogP contribution in [0.4, 0.5) is 0 Å². The Hall–Kier alpha value is -1.85. The summed E-state index contributed by atoms with van der Waals surface area (Å²) in [6.45, 7) is 5.13. The molecule has 0 unspecified atom stereocenters. The summed E-state index contributed by atoms with van der Waals surface area (Å²) in [7, 11) is 3.83. The molecule has 118 valence electrons. The van der Waals surface area contributed by atoms with E-state index in [-0.39, 0.29) is 5.91 Å². The van der Waals surface area contributed by atoms with Gasteiger partial charge in [-0.05, 0) is 12.1 Å². The Bertz CT molecular complexity index is 659. The number of aromatic nitrogens is 1. The molecule has 0 atom stereocenters. The molecule has 1 aliphatic heterocycles. The largest absolute Gasteiger partial charge is 0.379 e. The highest BCUT2D eigenvalue weighted by Crippen LogP contribution is 2.19. The Morgan fingerprint density at radius 3 is 2.73 bits per heavy atom. The highest BCUT2D eigenvalue weighted by molar-refractivity contribution is 5.98. The zero-order valence-corrected chi connectivity index (χ0v) is 13.3. The SMILES string of the molecule is CN(CCN1CCOCC1)C(=O)c1cc2ccccc2n1C. The van der Waals surface area contributed by atoms with E-state index in [0.29, 0.717) is 0 Å². The Morgan fingerprint density at radius 2 is 2.00 bits per heavy atom. The van der Waals surface area contributed by atoms with E-state index in [1.165, 1.54) is 0 Å². The number of hydrogen-bond acceptors (Lipinski definition) is 3. The van der Waals surface area contributed by atoms with Crippen molar-refractivity contribution in [3.8, 4) is 0 Å². The molecule has 5 heteroatoms. The Morgan fingerprint density at radius 1 is 1.27 bits per heavy atom. The van der Waals surface area contributed by atoms with Crippen molar-refractivity contribution in [2.75, 3.05) is 46.4 Å². The van der Waals surface area contributed by atoms with Gasteiger partial charge in [-0.25, -0.2) is 0 Å². The smallest absolute Gasteiger partial charge is 0.270 e. The van der Waals surface area contributed by atoms with Gasteiger partial charge in [0.05, 0.1) is 13.2 Å². The van der Waals surface area contributed by atoms with E-state index in [9.17, 15) is 4.79 Å². The third-order valence-electron chi connectivity index (χ3n) is 4.37. The molecule has 1 aromatic carbocycles. The van der Waals surface area contributed by atoms with Gasteiger partial charge in [-0.15, -0.1) is 0 Å². The molecule has 0 radical (unpaired) electrons. The molecule has 0 aliphatic carbocycles. The summed E-state index contributed by atoms with van der Waals surface area (Å²) in [5, 5.41) is 1.11. The van der Waals surface area contributed by atoms with Gasteiger partial charge in [0, 0.05) is 51.2 Å². The zero-order valence-electron chi connectivity index (χ0n) is 13.3. The molecule has 5 nitrogen and oxygen atoms in total.